The number of halogens is 1. The number of furan rings is 1. The van der Waals surface area contributed by atoms with Gasteiger partial charge in [-0.05, 0) is 48.0 Å². The van der Waals surface area contributed by atoms with Crippen LogP contribution in [0.15, 0.2) is 27.3 Å². The fourth-order valence-electron chi connectivity index (χ4n) is 2.24. The van der Waals surface area contributed by atoms with Crippen LogP contribution in [0.4, 0.5) is 0 Å². The zero-order valence-electron chi connectivity index (χ0n) is 11.5. The molecule has 0 aromatic carbocycles. The maximum Gasteiger partial charge on any atom is 0.246 e. The molecule has 1 N–H and O–H groups in total. The van der Waals surface area contributed by atoms with Crippen LogP contribution in [-0.4, -0.2) is 47.3 Å². The third-order valence-corrected chi connectivity index (χ3v) is 3.41. The van der Waals surface area contributed by atoms with Gasteiger partial charge in [0.1, 0.15) is 5.76 Å². The number of amides is 1. The van der Waals surface area contributed by atoms with Gasteiger partial charge in [-0.15, -0.1) is 0 Å². The highest BCUT2D eigenvalue weighted by Gasteiger charge is 2.34. The Balaban J connectivity index is 2.02. The first-order valence-electron chi connectivity index (χ1n) is 6.40. The van der Waals surface area contributed by atoms with Crippen LogP contribution in [-0.2, 0) is 9.53 Å². The van der Waals surface area contributed by atoms with E-state index >= 15 is 0 Å². The summed E-state index contributed by atoms with van der Waals surface area (Å²) >= 11 is 3.21. The van der Waals surface area contributed by atoms with Crippen molar-refractivity contribution in [1.82, 2.24) is 4.90 Å². The number of rotatable bonds is 3. The molecule has 0 aliphatic carbocycles. The fourth-order valence-corrected chi connectivity index (χ4v) is 2.55. The lowest BCUT2D eigenvalue weighted by molar-refractivity contribution is -0.163. The van der Waals surface area contributed by atoms with E-state index in [-0.39, 0.29) is 18.6 Å². The number of nitrogens with zero attached hydrogens (tertiary/aromatic N) is 1. The van der Waals surface area contributed by atoms with Gasteiger partial charge in [-0.1, -0.05) is 0 Å². The van der Waals surface area contributed by atoms with Crippen molar-refractivity contribution < 1.29 is 19.1 Å². The van der Waals surface area contributed by atoms with E-state index in [1.54, 1.807) is 23.1 Å². The van der Waals surface area contributed by atoms with Gasteiger partial charge in [0.25, 0.3) is 0 Å². The van der Waals surface area contributed by atoms with Gasteiger partial charge in [-0.2, -0.15) is 0 Å². The first-order chi connectivity index (χ1) is 9.39. The van der Waals surface area contributed by atoms with Gasteiger partial charge in [0.2, 0.25) is 5.91 Å². The molecule has 5 nitrogen and oxygen atoms in total. The molecule has 0 bridgehead atoms. The molecule has 0 radical (unpaired) electrons. The smallest absolute Gasteiger partial charge is 0.246 e. The van der Waals surface area contributed by atoms with Crippen LogP contribution >= 0.6 is 15.9 Å². The van der Waals surface area contributed by atoms with Gasteiger partial charge >= 0.3 is 0 Å². The van der Waals surface area contributed by atoms with E-state index in [2.05, 4.69) is 15.9 Å². The average molecular weight is 344 g/mol. The highest BCUT2D eigenvalue weighted by molar-refractivity contribution is 9.10. The van der Waals surface area contributed by atoms with E-state index in [1.807, 2.05) is 13.8 Å². The molecule has 1 aromatic rings. The van der Waals surface area contributed by atoms with Crippen LogP contribution in [0.2, 0.25) is 0 Å². The second-order valence-electron chi connectivity index (χ2n) is 5.38. The number of morpholine rings is 1. The molecule has 1 aromatic heterocycles. The molecule has 1 fully saturated rings. The Morgan fingerprint density at radius 1 is 1.60 bits per heavy atom. The largest absolute Gasteiger partial charge is 0.450 e. The molecule has 0 spiro atoms. The number of ether oxygens (including phenoxy) is 1. The zero-order chi connectivity index (χ0) is 14.8. The van der Waals surface area contributed by atoms with E-state index in [0.29, 0.717) is 23.5 Å². The van der Waals surface area contributed by atoms with Gasteiger partial charge in [0, 0.05) is 19.2 Å². The molecule has 1 atom stereocenters. The Hall–Kier alpha value is -1.11. The number of aliphatic hydroxyl groups excluding tert-OH is 1. The predicted molar refractivity (Wildman–Crippen MR) is 78.1 cm³/mol. The van der Waals surface area contributed by atoms with E-state index < -0.39 is 5.60 Å². The lowest BCUT2D eigenvalue weighted by Gasteiger charge is -2.41. The molecule has 1 aliphatic rings. The first kappa shape index (κ1) is 15.3. The molecule has 1 saturated heterocycles. The summed E-state index contributed by atoms with van der Waals surface area (Å²) in [5.74, 6) is 0.490. The number of hydrogen-bond donors (Lipinski definition) is 1. The lowest BCUT2D eigenvalue weighted by atomic mass is 10.1. The minimum absolute atomic E-state index is 0.0952. The van der Waals surface area contributed by atoms with Crippen molar-refractivity contribution >= 4 is 27.9 Å². The van der Waals surface area contributed by atoms with Crippen LogP contribution < -0.4 is 0 Å². The molecule has 6 heteroatoms. The zero-order valence-corrected chi connectivity index (χ0v) is 13.1. The van der Waals surface area contributed by atoms with Gasteiger partial charge in [0.05, 0.1) is 18.3 Å². The normalized spacial score (nSPS) is 22.4. The van der Waals surface area contributed by atoms with E-state index in [0.717, 1.165) is 0 Å². The highest BCUT2D eigenvalue weighted by atomic mass is 79.9. The monoisotopic (exact) mass is 343 g/mol. The number of aliphatic hydroxyl groups is 1. The molecular weight excluding hydrogens is 326 g/mol. The Kier molecular flexibility index (Phi) is 4.67. The molecular formula is C14H18BrNO4. The number of carbonyl (C=O) groups is 1. The molecule has 0 saturated carbocycles. The third-order valence-electron chi connectivity index (χ3n) is 2.98. The maximum absolute atomic E-state index is 12.2. The van der Waals surface area contributed by atoms with E-state index in [9.17, 15) is 9.90 Å². The van der Waals surface area contributed by atoms with Crippen molar-refractivity contribution in [2.45, 2.75) is 25.6 Å². The quantitative estimate of drug-likeness (QED) is 0.853. The highest BCUT2D eigenvalue weighted by Crippen LogP contribution is 2.21. The molecule has 110 valence electrons. The number of hydrogen-bond acceptors (Lipinski definition) is 4. The predicted octanol–water partition coefficient (Wildman–Crippen LogP) is 2.05. The van der Waals surface area contributed by atoms with Crippen LogP contribution in [0, 0.1) is 0 Å². The van der Waals surface area contributed by atoms with E-state index in [4.69, 9.17) is 9.15 Å². The van der Waals surface area contributed by atoms with Crippen molar-refractivity contribution in [3.05, 3.63) is 28.6 Å². The molecule has 1 unspecified atom stereocenters. The summed E-state index contributed by atoms with van der Waals surface area (Å²) in [6.07, 6.45) is 2.76. The topological polar surface area (TPSA) is 62.9 Å². The fraction of sp³-hybridized carbons (Fsp3) is 0.500. The number of carbonyl (C=O) groups excluding carboxylic acids is 1. The minimum atomic E-state index is -0.455. The Morgan fingerprint density at radius 3 is 2.95 bits per heavy atom. The molecule has 2 heterocycles. The van der Waals surface area contributed by atoms with Crippen LogP contribution in [0.3, 0.4) is 0 Å². The van der Waals surface area contributed by atoms with Crippen molar-refractivity contribution in [3.63, 3.8) is 0 Å². The second kappa shape index (κ2) is 6.11. The maximum atomic E-state index is 12.2. The van der Waals surface area contributed by atoms with Crippen LogP contribution in [0.1, 0.15) is 19.6 Å². The van der Waals surface area contributed by atoms with Gasteiger partial charge < -0.3 is 19.2 Å². The summed E-state index contributed by atoms with van der Waals surface area (Å²) in [4.78, 5) is 13.9. The van der Waals surface area contributed by atoms with Gasteiger partial charge in [-0.3, -0.25) is 4.79 Å². The lowest BCUT2D eigenvalue weighted by Crippen LogP contribution is -2.55. The summed E-state index contributed by atoms with van der Waals surface area (Å²) in [6, 6.07) is 3.54. The van der Waals surface area contributed by atoms with E-state index in [1.165, 1.54) is 6.08 Å². The SMILES string of the molecule is CC1(C)CN(C(=O)/C=C/c2ccc(Br)o2)CC(CO)O1. The summed E-state index contributed by atoms with van der Waals surface area (Å²) in [5, 5.41) is 9.23. The standard InChI is InChI=1S/C14H18BrNO4/c1-14(2)9-16(7-11(8-17)20-14)13(18)6-4-10-3-5-12(15)19-10/h3-6,11,17H,7-9H2,1-2H3/b6-4+. The van der Waals surface area contributed by atoms with Gasteiger partial charge in [0.15, 0.2) is 4.67 Å². The van der Waals surface area contributed by atoms with Crippen LogP contribution in [0.5, 0.6) is 0 Å². The van der Waals surface area contributed by atoms with Gasteiger partial charge in [-0.25, -0.2) is 0 Å². The average Bonchev–Trinajstić information content (AvgIpc) is 2.79. The molecule has 20 heavy (non-hydrogen) atoms. The van der Waals surface area contributed by atoms with Crippen molar-refractivity contribution in [3.8, 4) is 0 Å². The molecule has 1 aliphatic heterocycles. The summed E-state index contributed by atoms with van der Waals surface area (Å²) in [7, 11) is 0. The van der Waals surface area contributed by atoms with Crippen molar-refractivity contribution in [2.24, 2.45) is 0 Å². The summed E-state index contributed by atoms with van der Waals surface area (Å²) < 4.78 is 11.6. The minimum Gasteiger partial charge on any atom is -0.450 e. The van der Waals surface area contributed by atoms with Crippen molar-refractivity contribution in [2.75, 3.05) is 19.7 Å². The Labute approximate surface area is 126 Å². The Bertz CT molecular complexity index is 509. The Morgan fingerprint density at radius 2 is 2.35 bits per heavy atom. The summed E-state index contributed by atoms with van der Waals surface area (Å²) in [6.45, 7) is 4.60. The third kappa shape index (κ3) is 3.94. The first-order valence-corrected chi connectivity index (χ1v) is 7.20. The van der Waals surface area contributed by atoms with Crippen molar-refractivity contribution in [1.29, 1.82) is 0 Å². The second-order valence-corrected chi connectivity index (χ2v) is 6.16. The van der Waals surface area contributed by atoms with Crippen LogP contribution in [0.25, 0.3) is 6.08 Å². The summed E-state index contributed by atoms with van der Waals surface area (Å²) in [5.41, 5.74) is -0.455. The molecule has 1 amide bonds. The molecule has 2 rings (SSSR count).